The molecule has 5 nitrogen and oxygen atoms in total. The van der Waals surface area contributed by atoms with E-state index in [4.69, 9.17) is 0 Å². The molecule has 0 spiro atoms. The Kier molecular flexibility index (Phi) is 5.17. The second-order valence-electron chi connectivity index (χ2n) is 9.09. The lowest BCUT2D eigenvalue weighted by atomic mass is 9.93. The number of thiazole rings is 1. The third-order valence-corrected chi connectivity index (χ3v) is 7.20. The summed E-state index contributed by atoms with van der Waals surface area (Å²) in [6.07, 6.45) is 6.64. The molecule has 2 fully saturated rings. The molecule has 0 atom stereocenters. The highest BCUT2D eigenvalue weighted by Crippen LogP contribution is 2.33. The fourth-order valence-corrected chi connectivity index (χ4v) is 5.13. The van der Waals surface area contributed by atoms with Crippen LogP contribution in [-0.4, -0.2) is 28.5 Å². The fraction of sp³-hybridized carbons (Fsp3) is 0.591. The highest BCUT2D eigenvalue weighted by Gasteiger charge is 2.27. The number of aromatic nitrogens is 2. The number of carbonyl (C=O) groups excluding carboxylic acids is 1. The summed E-state index contributed by atoms with van der Waals surface area (Å²) >= 11 is 1.67. The summed E-state index contributed by atoms with van der Waals surface area (Å²) in [6, 6.07) is 3.70. The molecule has 6 heteroatoms. The maximum atomic E-state index is 13.2. The number of carbonyl (C=O) groups is 1. The standard InChI is InChI=1S/C22H30N4OS/c1-15-18(22(2,3)4)28-21(26(15)14-16-9-10-16)24-20(27)17-8-7-11-23-19(17)25-12-5-6-13-25/h7-8,11,16H,5-6,9-10,12-14H2,1-4H3/b24-21-. The van der Waals surface area contributed by atoms with Crippen LogP contribution in [0.25, 0.3) is 0 Å². The van der Waals surface area contributed by atoms with Crippen LogP contribution in [0.2, 0.25) is 0 Å². The van der Waals surface area contributed by atoms with Gasteiger partial charge in [-0.05, 0) is 56.1 Å². The summed E-state index contributed by atoms with van der Waals surface area (Å²) in [5.74, 6) is 1.33. The summed E-state index contributed by atoms with van der Waals surface area (Å²) in [7, 11) is 0. The second kappa shape index (κ2) is 7.47. The van der Waals surface area contributed by atoms with Crippen molar-refractivity contribution in [1.82, 2.24) is 9.55 Å². The number of amides is 1. The molecule has 0 bridgehead atoms. The van der Waals surface area contributed by atoms with Crippen LogP contribution in [-0.2, 0) is 12.0 Å². The molecule has 150 valence electrons. The first-order valence-corrected chi connectivity index (χ1v) is 11.2. The molecule has 4 rings (SSSR count). The first-order chi connectivity index (χ1) is 13.3. The Morgan fingerprint density at radius 3 is 2.64 bits per heavy atom. The Hall–Kier alpha value is -1.95. The monoisotopic (exact) mass is 398 g/mol. The lowest BCUT2D eigenvalue weighted by Crippen LogP contribution is -2.23. The van der Waals surface area contributed by atoms with Gasteiger partial charge in [-0.15, -0.1) is 11.3 Å². The van der Waals surface area contributed by atoms with Gasteiger partial charge in [-0.1, -0.05) is 20.8 Å². The van der Waals surface area contributed by atoms with Crippen molar-refractivity contribution in [3.8, 4) is 0 Å². The summed E-state index contributed by atoms with van der Waals surface area (Å²) in [5, 5.41) is 0. The predicted molar refractivity (Wildman–Crippen MR) is 114 cm³/mol. The van der Waals surface area contributed by atoms with Gasteiger partial charge in [0.15, 0.2) is 4.80 Å². The Balaban J connectivity index is 1.75. The van der Waals surface area contributed by atoms with E-state index in [1.54, 1.807) is 17.5 Å². The SMILES string of the molecule is Cc1c(C(C)(C)C)s/c(=N\C(=O)c2cccnc2N2CCCC2)n1CC1CC1. The molecular formula is C22H30N4OS. The number of rotatable bonds is 4. The maximum absolute atomic E-state index is 13.2. The van der Waals surface area contributed by atoms with Crippen LogP contribution in [0.4, 0.5) is 5.82 Å². The van der Waals surface area contributed by atoms with E-state index >= 15 is 0 Å². The van der Waals surface area contributed by atoms with Crippen LogP contribution in [0.15, 0.2) is 23.3 Å². The van der Waals surface area contributed by atoms with Crippen LogP contribution in [0.5, 0.6) is 0 Å². The Labute approximate surface area is 171 Å². The topological polar surface area (TPSA) is 50.5 Å². The van der Waals surface area contributed by atoms with Gasteiger partial charge >= 0.3 is 0 Å². The van der Waals surface area contributed by atoms with Crippen molar-refractivity contribution >= 4 is 23.1 Å². The Morgan fingerprint density at radius 2 is 2.00 bits per heavy atom. The van der Waals surface area contributed by atoms with Gasteiger partial charge in [0.25, 0.3) is 5.91 Å². The average Bonchev–Trinajstić information content (AvgIpc) is 3.19. The molecule has 2 aliphatic rings. The summed E-state index contributed by atoms with van der Waals surface area (Å²) in [6.45, 7) is 11.7. The molecule has 28 heavy (non-hydrogen) atoms. The molecule has 1 saturated heterocycles. The number of anilines is 1. The lowest BCUT2D eigenvalue weighted by Gasteiger charge is -2.18. The predicted octanol–water partition coefficient (Wildman–Crippen LogP) is 4.30. The lowest BCUT2D eigenvalue weighted by molar-refractivity contribution is 0.0998. The van der Waals surface area contributed by atoms with Crippen LogP contribution >= 0.6 is 11.3 Å². The summed E-state index contributed by atoms with van der Waals surface area (Å²) in [4.78, 5) is 26.6. The molecular weight excluding hydrogens is 368 g/mol. The van der Waals surface area contributed by atoms with E-state index in [0.717, 1.165) is 49.0 Å². The minimum Gasteiger partial charge on any atom is -0.356 e. The number of hydrogen-bond donors (Lipinski definition) is 0. The maximum Gasteiger partial charge on any atom is 0.283 e. The number of nitrogens with zero attached hydrogens (tertiary/aromatic N) is 4. The molecule has 1 aliphatic carbocycles. The molecule has 0 aromatic carbocycles. The van der Waals surface area contributed by atoms with Crippen molar-refractivity contribution in [2.45, 2.75) is 65.3 Å². The quantitative estimate of drug-likeness (QED) is 0.771. The van der Waals surface area contributed by atoms with Crippen LogP contribution in [0, 0.1) is 12.8 Å². The number of hydrogen-bond acceptors (Lipinski definition) is 4. The molecule has 1 aliphatic heterocycles. The zero-order chi connectivity index (χ0) is 19.9. The van der Waals surface area contributed by atoms with E-state index in [-0.39, 0.29) is 11.3 Å². The van der Waals surface area contributed by atoms with Gasteiger partial charge in [0.2, 0.25) is 0 Å². The van der Waals surface area contributed by atoms with Gasteiger partial charge in [-0.3, -0.25) is 4.79 Å². The average molecular weight is 399 g/mol. The van der Waals surface area contributed by atoms with Crippen molar-refractivity contribution in [1.29, 1.82) is 0 Å². The summed E-state index contributed by atoms with van der Waals surface area (Å²) in [5.41, 5.74) is 1.92. The van der Waals surface area contributed by atoms with Crippen molar-refractivity contribution in [3.63, 3.8) is 0 Å². The van der Waals surface area contributed by atoms with Crippen molar-refractivity contribution < 1.29 is 4.79 Å². The molecule has 2 aromatic heterocycles. The van der Waals surface area contributed by atoms with Crippen molar-refractivity contribution in [3.05, 3.63) is 39.3 Å². The highest BCUT2D eigenvalue weighted by molar-refractivity contribution is 7.09. The van der Waals surface area contributed by atoms with Crippen LogP contribution in [0.1, 0.15) is 67.4 Å². The molecule has 0 unspecified atom stereocenters. The van der Waals surface area contributed by atoms with E-state index < -0.39 is 0 Å². The Morgan fingerprint density at radius 1 is 1.29 bits per heavy atom. The van der Waals surface area contributed by atoms with Crippen molar-refractivity contribution in [2.75, 3.05) is 18.0 Å². The second-order valence-corrected chi connectivity index (χ2v) is 10.1. The van der Waals surface area contributed by atoms with Crippen LogP contribution in [0.3, 0.4) is 0 Å². The zero-order valence-corrected chi connectivity index (χ0v) is 18.2. The van der Waals surface area contributed by atoms with E-state index in [1.165, 1.54) is 23.4 Å². The summed E-state index contributed by atoms with van der Waals surface area (Å²) < 4.78 is 2.27. The Bertz CT molecular complexity index is 940. The first kappa shape index (κ1) is 19.4. The van der Waals surface area contributed by atoms with E-state index in [0.29, 0.717) is 5.56 Å². The van der Waals surface area contributed by atoms with E-state index in [9.17, 15) is 4.79 Å². The number of pyridine rings is 1. The van der Waals surface area contributed by atoms with E-state index in [2.05, 4.69) is 47.1 Å². The van der Waals surface area contributed by atoms with Gasteiger partial charge in [0, 0.05) is 36.4 Å². The molecule has 2 aromatic rings. The third kappa shape index (κ3) is 3.93. The molecule has 1 amide bonds. The van der Waals surface area contributed by atoms with Crippen molar-refractivity contribution in [2.24, 2.45) is 10.9 Å². The smallest absolute Gasteiger partial charge is 0.283 e. The van der Waals surface area contributed by atoms with Gasteiger partial charge in [0.1, 0.15) is 5.82 Å². The fourth-order valence-electron chi connectivity index (χ4n) is 3.93. The minimum absolute atomic E-state index is 0.0475. The van der Waals surface area contributed by atoms with Gasteiger partial charge < -0.3 is 9.47 Å². The molecule has 0 N–H and O–H groups in total. The first-order valence-electron chi connectivity index (χ1n) is 10.3. The van der Waals surface area contributed by atoms with Gasteiger partial charge in [0.05, 0.1) is 5.56 Å². The van der Waals surface area contributed by atoms with Crippen LogP contribution < -0.4 is 9.70 Å². The van der Waals surface area contributed by atoms with Gasteiger partial charge in [-0.25, -0.2) is 4.98 Å². The molecule has 1 saturated carbocycles. The zero-order valence-electron chi connectivity index (χ0n) is 17.4. The minimum atomic E-state index is -0.179. The normalized spacial score (nSPS) is 18.1. The highest BCUT2D eigenvalue weighted by atomic mass is 32.1. The van der Waals surface area contributed by atoms with Gasteiger partial charge in [-0.2, -0.15) is 4.99 Å². The van der Waals surface area contributed by atoms with E-state index in [1.807, 2.05) is 12.1 Å². The largest absolute Gasteiger partial charge is 0.356 e. The molecule has 0 radical (unpaired) electrons. The third-order valence-electron chi connectivity index (χ3n) is 5.60. The molecule has 3 heterocycles.